The van der Waals surface area contributed by atoms with E-state index in [1.165, 1.54) is 24.0 Å². The van der Waals surface area contributed by atoms with Gasteiger partial charge in [-0.25, -0.2) is 0 Å². The Balaban J connectivity index is 1.41. The van der Waals surface area contributed by atoms with Crippen molar-refractivity contribution in [3.05, 3.63) is 35.4 Å². The minimum absolute atomic E-state index is 0.305. The van der Waals surface area contributed by atoms with Gasteiger partial charge in [-0.15, -0.1) is 0 Å². The van der Waals surface area contributed by atoms with Gasteiger partial charge in [0, 0.05) is 39.8 Å². The molecular weight excluding hydrogens is 376 g/mol. The van der Waals surface area contributed by atoms with E-state index in [2.05, 4.69) is 58.3 Å². The van der Waals surface area contributed by atoms with Gasteiger partial charge < -0.3 is 24.6 Å². The topological polar surface area (TPSA) is 49.3 Å². The summed E-state index contributed by atoms with van der Waals surface area (Å²) in [4.78, 5) is 9.19. The maximum Gasteiger partial charge on any atom is 0.193 e. The number of guanidine groups is 1. The highest BCUT2D eigenvalue weighted by Gasteiger charge is 2.23. The largest absolute Gasteiger partial charge is 0.376 e. The predicted molar refractivity (Wildman–Crippen MR) is 123 cm³/mol. The highest BCUT2D eigenvalue weighted by molar-refractivity contribution is 5.79. The first-order valence-corrected chi connectivity index (χ1v) is 11.6. The molecular formula is C24H40N4O2. The molecule has 2 aliphatic rings. The number of likely N-dealkylation sites (tertiary alicyclic amines) is 1. The molecule has 2 saturated heterocycles. The second kappa shape index (κ2) is 12.3. The van der Waals surface area contributed by atoms with Gasteiger partial charge in [0.25, 0.3) is 0 Å². The maximum absolute atomic E-state index is 6.15. The summed E-state index contributed by atoms with van der Waals surface area (Å²) in [6.07, 6.45) is 6.36. The van der Waals surface area contributed by atoms with Crippen LogP contribution in [0.2, 0.25) is 0 Å². The van der Waals surface area contributed by atoms with Gasteiger partial charge in [0.05, 0.1) is 18.8 Å². The van der Waals surface area contributed by atoms with Crippen molar-refractivity contribution in [2.24, 2.45) is 4.99 Å². The molecule has 2 aliphatic heterocycles. The Morgan fingerprint density at radius 3 is 2.73 bits per heavy atom. The molecule has 0 aliphatic carbocycles. The van der Waals surface area contributed by atoms with Crippen LogP contribution in [0.1, 0.15) is 50.2 Å². The van der Waals surface area contributed by atoms with Crippen LogP contribution < -0.4 is 5.32 Å². The summed E-state index contributed by atoms with van der Waals surface area (Å²) >= 11 is 0. The molecule has 0 aromatic heterocycles. The molecule has 0 amide bonds. The third-order valence-corrected chi connectivity index (χ3v) is 6.18. The maximum atomic E-state index is 6.15. The Kier molecular flexibility index (Phi) is 9.43. The monoisotopic (exact) mass is 416 g/mol. The normalized spacial score (nSPS) is 21.3. The molecule has 2 fully saturated rings. The van der Waals surface area contributed by atoms with Crippen LogP contribution >= 0.6 is 0 Å². The molecule has 1 atom stereocenters. The van der Waals surface area contributed by atoms with Crippen LogP contribution in [-0.2, 0) is 22.6 Å². The van der Waals surface area contributed by atoms with Crippen LogP contribution in [0.25, 0.3) is 0 Å². The van der Waals surface area contributed by atoms with E-state index in [4.69, 9.17) is 9.47 Å². The van der Waals surface area contributed by atoms with Crippen LogP contribution in [0.5, 0.6) is 0 Å². The van der Waals surface area contributed by atoms with Crippen molar-refractivity contribution < 1.29 is 9.47 Å². The third kappa shape index (κ3) is 7.25. The van der Waals surface area contributed by atoms with Crippen LogP contribution in [0.4, 0.5) is 0 Å². The molecule has 168 valence electrons. The number of rotatable bonds is 8. The number of hydrogen-bond acceptors (Lipinski definition) is 4. The molecule has 1 aromatic carbocycles. The standard InChI is InChI=1S/C24H40N4O2/c1-4-27(3)18-21-9-7-8-20(16-21)17-26-24(25-2)28-13-11-22(12-14-28)30-19-23-10-5-6-15-29-23/h7-9,16,22-23H,4-6,10-15,17-19H2,1-3H3,(H,25,26). The zero-order valence-corrected chi connectivity index (χ0v) is 19.1. The first kappa shape index (κ1) is 23.0. The minimum atomic E-state index is 0.305. The number of benzene rings is 1. The summed E-state index contributed by atoms with van der Waals surface area (Å²) in [5, 5.41) is 3.55. The van der Waals surface area contributed by atoms with Gasteiger partial charge in [0.2, 0.25) is 0 Å². The molecule has 30 heavy (non-hydrogen) atoms. The Morgan fingerprint density at radius 2 is 2.03 bits per heavy atom. The molecule has 0 spiro atoms. The zero-order chi connectivity index (χ0) is 21.2. The zero-order valence-electron chi connectivity index (χ0n) is 19.1. The third-order valence-electron chi connectivity index (χ3n) is 6.18. The van der Waals surface area contributed by atoms with Crippen LogP contribution in [-0.4, -0.2) is 74.9 Å². The molecule has 1 aromatic rings. The summed E-state index contributed by atoms with van der Waals surface area (Å²) in [7, 11) is 4.03. The van der Waals surface area contributed by atoms with Crippen molar-refractivity contribution in [1.82, 2.24) is 15.1 Å². The van der Waals surface area contributed by atoms with E-state index < -0.39 is 0 Å². The summed E-state index contributed by atoms with van der Waals surface area (Å²) in [5.74, 6) is 0.986. The minimum Gasteiger partial charge on any atom is -0.376 e. The Bertz CT molecular complexity index is 652. The second-order valence-electron chi connectivity index (χ2n) is 8.56. The Hall–Kier alpha value is -1.63. The molecule has 0 saturated carbocycles. The van der Waals surface area contributed by atoms with Gasteiger partial charge in [-0.3, -0.25) is 4.99 Å². The molecule has 1 N–H and O–H groups in total. The number of ether oxygens (including phenoxy) is 2. The van der Waals surface area contributed by atoms with E-state index in [0.717, 1.165) is 71.2 Å². The predicted octanol–water partition coefficient (Wildman–Crippen LogP) is 3.26. The molecule has 0 bridgehead atoms. The summed E-state index contributed by atoms with van der Waals surface area (Å²) < 4.78 is 11.9. The van der Waals surface area contributed by atoms with Gasteiger partial charge in [-0.05, 0) is 56.8 Å². The summed E-state index contributed by atoms with van der Waals surface area (Å²) in [6.45, 7) is 8.64. The number of hydrogen-bond donors (Lipinski definition) is 1. The van der Waals surface area contributed by atoms with Gasteiger partial charge in [-0.2, -0.15) is 0 Å². The Labute approximate surface area is 182 Å². The quantitative estimate of drug-likeness (QED) is 0.521. The van der Waals surface area contributed by atoms with Gasteiger partial charge in [0.1, 0.15) is 0 Å². The van der Waals surface area contributed by atoms with E-state index in [1.807, 2.05) is 7.05 Å². The van der Waals surface area contributed by atoms with Crippen molar-refractivity contribution in [1.29, 1.82) is 0 Å². The number of nitrogens with one attached hydrogen (secondary N) is 1. The van der Waals surface area contributed by atoms with Crippen molar-refractivity contribution in [2.45, 2.75) is 64.3 Å². The average Bonchev–Trinajstić information content (AvgIpc) is 2.79. The summed E-state index contributed by atoms with van der Waals surface area (Å²) in [5.41, 5.74) is 2.65. The fourth-order valence-electron chi connectivity index (χ4n) is 4.19. The Morgan fingerprint density at radius 1 is 1.23 bits per heavy atom. The lowest BCUT2D eigenvalue weighted by Crippen LogP contribution is -2.47. The van der Waals surface area contributed by atoms with E-state index in [0.29, 0.717) is 12.2 Å². The van der Waals surface area contributed by atoms with E-state index in [-0.39, 0.29) is 0 Å². The number of nitrogens with zero attached hydrogens (tertiary/aromatic N) is 3. The van der Waals surface area contributed by atoms with Crippen molar-refractivity contribution in [3.8, 4) is 0 Å². The van der Waals surface area contributed by atoms with E-state index in [9.17, 15) is 0 Å². The SMILES string of the molecule is CCN(C)Cc1cccc(CNC(=NC)N2CCC(OCC3CCCCO3)CC2)c1. The van der Waals surface area contributed by atoms with Crippen molar-refractivity contribution >= 4 is 5.96 Å². The van der Waals surface area contributed by atoms with Crippen molar-refractivity contribution in [2.75, 3.05) is 46.9 Å². The van der Waals surface area contributed by atoms with Crippen LogP contribution in [0.3, 0.4) is 0 Å². The van der Waals surface area contributed by atoms with Crippen molar-refractivity contribution in [3.63, 3.8) is 0 Å². The first-order valence-electron chi connectivity index (χ1n) is 11.6. The molecule has 3 rings (SSSR count). The highest BCUT2D eigenvalue weighted by Crippen LogP contribution is 2.18. The van der Waals surface area contributed by atoms with Gasteiger partial charge >= 0.3 is 0 Å². The average molecular weight is 417 g/mol. The summed E-state index contributed by atoms with van der Waals surface area (Å²) in [6, 6.07) is 8.83. The second-order valence-corrected chi connectivity index (χ2v) is 8.56. The van der Waals surface area contributed by atoms with E-state index >= 15 is 0 Å². The lowest BCUT2D eigenvalue weighted by molar-refractivity contribution is -0.0721. The van der Waals surface area contributed by atoms with Gasteiger partial charge in [-0.1, -0.05) is 31.2 Å². The molecule has 1 unspecified atom stereocenters. The lowest BCUT2D eigenvalue weighted by atomic mass is 10.1. The van der Waals surface area contributed by atoms with Crippen LogP contribution in [0, 0.1) is 0 Å². The fourth-order valence-corrected chi connectivity index (χ4v) is 4.19. The van der Waals surface area contributed by atoms with Gasteiger partial charge in [0.15, 0.2) is 5.96 Å². The van der Waals surface area contributed by atoms with Crippen LogP contribution in [0.15, 0.2) is 29.3 Å². The smallest absolute Gasteiger partial charge is 0.193 e. The molecule has 6 nitrogen and oxygen atoms in total. The first-order chi connectivity index (χ1) is 14.7. The number of piperidine rings is 1. The van der Waals surface area contributed by atoms with E-state index in [1.54, 1.807) is 0 Å². The number of aliphatic imine (C=N–C) groups is 1. The lowest BCUT2D eigenvalue weighted by Gasteiger charge is -2.35. The highest BCUT2D eigenvalue weighted by atomic mass is 16.5. The molecule has 0 radical (unpaired) electrons. The fraction of sp³-hybridized carbons (Fsp3) is 0.708. The molecule has 2 heterocycles. The molecule has 6 heteroatoms.